The number of nitrogens with zero attached hydrogens (tertiary/aromatic N) is 2. The number of aromatic nitrogens is 3. The SMILES string of the molecule is COc1cnccc(N)n[nH]c1C. The molecule has 0 bridgehead atoms. The highest BCUT2D eigenvalue weighted by Crippen LogP contribution is 2.08. The van der Waals surface area contributed by atoms with E-state index < -0.39 is 0 Å². The van der Waals surface area contributed by atoms with E-state index >= 15 is 0 Å². The first-order valence-electron chi connectivity index (χ1n) is 3.78. The van der Waals surface area contributed by atoms with Gasteiger partial charge in [-0.05, 0) is 6.92 Å². The molecule has 0 aliphatic carbocycles. The predicted octanol–water partition coefficient (Wildman–Crippen LogP) is 0.828. The Hall–Kier alpha value is -1.78. The molecule has 0 amide bonds. The van der Waals surface area contributed by atoms with Gasteiger partial charge in [0.1, 0.15) is 5.82 Å². The van der Waals surface area contributed by atoms with Crippen LogP contribution in [0.15, 0.2) is 18.5 Å². The van der Waals surface area contributed by atoms with E-state index in [2.05, 4.69) is 15.2 Å². The molecule has 1 aromatic heterocycles. The van der Waals surface area contributed by atoms with E-state index in [1.807, 2.05) is 6.92 Å². The molecule has 0 aliphatic rings. The van der Waals surface area contributed by atoms with E-state index in [0.717, 1.165) is 5.69 Å². The van der Waals surface area contributed by atoms with Crippen molar-refractivity contribution in [2.24, 2.45) is 0 Å². The van der Waals surface area contributed by atoms with E-state index in [-0.39, 0.29) is 0 Å². The summed E-state index contributed by atoms with van der Waals surface area (Å²) >= 11 is 0. The molecule has 5 nitrogen and oxygen atoms in total. The molecule has 70 valence electrons. The number of nitrogen functional groups attached to an aromatic ring is 1. The van der Waals surface area contributed by atoms with Crippen LogP contribution >= 0.6 is 0 Å². The highest BCUT2D eigenvalue weighted by atomic mass is 16.5. The maximum absolute atomic E-state index is 5.49. The van der Waals surface area contributed by atoms with Crippen molar-refractivity contribution in [3.63, 3.8) is 0 Å². The quantitative estimate of drug-likeness (QED) is 0.671. The minimum Gasteiger partial charge on any atom is -0.493 e. The van der Waals surface area contributed by atoms with Gasteiger partial charge >= 0.3 is 0 Å². The van der Waals surface area contributed by atoms with Crippen LogP contribution in [-0.4, -0.2) is 22.3 Å². The highest BCUT2D eigenvalue weighted by molar-refractivity contribution is 5.24. The normalized spacial score (nSPS) is 9.08. The third-order valence-corrected chi connectivity index (χ3v) is 1.47. The smallest absolute Gasteiger partial charge is 0.157 e. The number of nitrogens with two attached hydrogens (primary N) is 1. The Morgan fingerprint density at radius 2 is 2.31 bits per heavy atom. The number of aromatic amines is 1. The van der Waals surface area contributed by atoms with Crippen LogP contribution in [-0.2, 0) is 0 Å². The fourth-order valence-corrected chi connectivity index (χ4v) is 0.774. The number of hydrogen-bond donors (Lipinski definition) is 2. The molecule has 0 radical (unpaired) electrons. The lowest BCUT2D eigenvalue weighted by Gasteiger charge is -1.97. The van der Waals surface area contributed by atoms with Gasteiger partial charge in [-0.2, -0.15) is 5.10 Å². The molecular weight excluding hydrogens is 168 g/mol. The molecule has 0 aliphatic heterocycles. The summed E-state index contributed by atoms with van der Waals surface area (Å²) in [6.45, 7) is 1.83. The minimum absolute atomic E-state index is 0.369. The van der Waals surface area contributed by atoms with Crippen molar-refractivity contribution in [2.75, 3.05) is 12.8 Å². The molecule has 1 aromatic rings. The van der Waals surface area contributed by atoms with Crippen molar-refractivity contribution in [2.45, 2.75) is 6.92 Å². The molecule has 0 atom stereocenters. The van der Waals surface area contributed by atoms with Crippen LogP contribution in [0.2, 0.25) is 0 Å². The summed E-state index contributed by atoms with van der Waals surface area (Å²) in [5.74, 6) is 0.997. The minimum atomic E-state index is 0.369. The van der Waals surface area contributed by atoms with Gasteiger partial charge in [-0.3, -0.25) is 10.1 Å². The first kappa shape index (κ1) is 9.31. The predicted molar refractivity (Wildman–Crippen MR) is 49.7 cm³/mol. The van der Waals surface area contributed by atoms with Crippen molar-refractivity contribution in [1.82, 2.24) is 15.2 Å². The maximum Gasteiger partial charge on any atom is 0.157 e. The van der Waals surface area contributed by atoms with Crippen LogP contribution in [0.1, 0.15) is 5.69 Å². The van der Waals surface area contributed by atoms with Crippen molar-refractivity contribution < 1.29 is 4.74 Å². The van der Waals surface area contributed by atoms with Gasteiger partial charge in [0.2, 0.25) is 0 Å². The Kier molecular flexibility index (Phi) is 3.08. The average Bonchev–Trinajstić information content (AvgIpc) is 2.20. The molecule has 13 heavy (non-hydrogen) atoms. The zero-order valence-electron chi connectivity index (χ0n) is 7.61. The van der Waals surface area contributed by atoms with Gasteiger partial charge in [-0.25, -0.2) is 0 Å². The second-order valence-corrected chi connectivity index (χ2v) is 2.44. The molecule has 0 spiro atoms. The number of hydrogen-bond acceptors (Lipinski definition) is 4. The average molecular weight is 180 g/mol. The maximum atomic E-state index is 5.49. The molecule has 5 heteroatoms. The highest BCUT2D eigenvalue weighted by Gasteiger charge is 1.92. The molecule has 1 heterocycles. The van der Waals surface area contributed by atoms with Crippen molar-refractivity contribution in [3.05, 3.63) is 24.2 Å². The fraction of sp³-hybridized carbons (Fsp3) is 0.250. The number of ether oxygens (including phenoxy) is 1. The zero-order chi connectivity index (χ0) is 9.68. The summed E-state index contributed by atoms with van der Waals surface area (Å²) in [6, 6.07) is 1.59. The fourth-order valence-electron chi connectivity index (χ4n) is 0.774. The largest absolute Gasteiger partial charge is 0.493 e. The number of rotatable bonds is 1. The van der Waals surface area contributed by atoms with Gasteiger partial charge in [-0.15, -0.1) is 0 Å². The Labute approximate surface area is 76.3 Å². The van der Waals surface area contributed by atoms with Crippen LogP contribution in [0.25, 0.3) is 0 Å². The van der Waals surface area contributed by atoms with Crippen molar-refractivity contribution >= 4 is 5.82 Å². The van der Waals surface area contributed by atoms with Gasteiger partial charge < -0.3 is 10.5 Å². The summed E-state index contributed by atoms with van der Waals surface area (Å²) in [5.41, 5.74) is 6.25. The second kappa shape index (κ2) is 4.30. The van der Waals surface area contributed by atoms with Crippen molar-refractivity contribution in [3.8, 4) is 5.75 Å². The van der Waals surface area contributed by atoms with Gasteiger partial charge in [0, 0.05) is 12.3 Å². The van der Waals surface area contributed by atoms with Crippen LogP contribution in [0, 0.1) is 6.92 Å². The second-order valence-electron chi connectivity index (χ2n) is 2.44. The van der Waals surface area contributed by atoms with E-state index in [0.29, 0.717) is 11.6 Å². The van der Waals surface area contributed by atoms with E-state index in [4.69, 9.17) is 10.5 Å². The summed E-state index contributed by atoms with van der Waals surface area (Å²) < 4.78 is 5.05. The molecule has 0 saturated carbocycles. The topological polar surface area (TPSA) is 76.8 Å². The Bertz CT molecular complexity index is 333. The first-order chi connectivity index (χ1) is 6.24. The summed E-state index contributed by atoms with van der Waals surface area (Å²) in [7, 11) is 1.57. The first-order valence-corrected chi connectivity index (χ1v) is 3.78. The van der Waals surface area contributed by atoms with Crippen LogP contribution in [0.5, 0.6) is 5.75 Å². The summed E-state index contributed by atoms with van der Waals surface area (Å²) in [4.78, 5) is 3.95. The molecular formula is C8H12N4O. The van der Waals surface area contributed by atoms with Crippen LogP contribution in [0.3, 0.4) is 0 Å². The molecule has 0 aromatic carbocycles. The molecule has 1 rings (SSSR count). The number of H-pyrrole nitrogens is 1. The zero-order valence-corrected chi connectivity index (χ0v) is 7.61. The Balaban J connectivity index is 3.31. The summed E-state index contributed by atoms with van der Waals surface area (Å²) in [6.07, 6.45) is 3.14. The van der Waals surface area contributed by atoms with Crippen LogP contribution < -0.4 is 10.5 Å². The lowest BCUT2D eigenvalue weighted by molar-refractivity contribution is 0.407. The van der Waals surface area contributed by atoms with Gasteiger partial charge in [0.05, 0.1) is 19.0 Å². The van der Waals surface area contributed by atoms with Gasteiger partial charge in [0.25, 0.3) is 0 Å². The van der Waals surface area contributed by atoms with Crippen LogP contribution in [0.4, 0.5) is 5.82 Å². The number of aryl methyl sites for hydroxylation is 1. The van der Waals surface area contributed by atoms with Gasteiger partial charge in [-0.1, -0.05) is 0 Å². The number of nitrogens with one attached hydrogen (secondary N) is 1. The van der Waals surface area contributed by atoms with E-state index in [1.165, 1.54) is 0 Å². The lowest BCUT2D eigenvalue weighted by atomic mass is 10.4. The lowest BCUT2D eigenvalue weighted by Crippen LogP contribution is -1.91. The third kappa shape index (κ3) is 2.62. The number of methoxy groups -OCH3 is 1. The molecule has 0 saturated heterocycles. The van der Waals surface area contributed by atoms with Gasteiger partial charge in [0.15, 0.2) is 5.75 Å². The van der Waals surface area contributed by atoms with Crippen molar-refractivity contribution in [1.29, 1.82) is 0 Å². The standard InChI is InChI=1S/C8H12N4O/c1-6-7(13-2)5-10-4-3-8(9)12-11-6/h3-5,11H,1-2H3,(H2,9,12). The molecule has 3 N–H and O–H groups in total. The Morgan fingerprint density at radius 1 is 1.54 bits per heavy atom. The number of anilines is 1. The monoisotopic (exact) mass is 180 g/mol. The van der Waals surface area contributed by atoms with E-state index in [9.17, 15) is 0 Å². The third-order valence-electron chi connectivity index (χ3n) is 1.47. The summed E-state index contributed by atoms with van der Waals surface area (Å²) in [5, 5.41) is 6.61. The van der Waals surface area contributed by atoms with E-state index in [1.54, 1.807) is 25.6 Å². The Morgan fingerprint density at radius 3 is 3.00 bits per heavy atom. The molecule has 0 unspecified atom stereocenters. The molecule has 0 fully saturated rings.